The van der Waals surface area contributed by atoms with Crippen molar-refractivity contribution < 1.29 is 80.2 Å². The van der Waals surface area contributed by atoms with E-state index < -0.39 is 97.5 Å². The van der Waals surface area contributed by atoms with Crippen LogP contribution in [0, 0.1) is 23.7 Å². The molecule has 0 amide bonds. The summed E-state index contributed by atoms with van der Waals surface area (Å²) in [4.78, 5) is 73.1. The summed E-state index contributed by atoms with van der Waals surface area (Å²) in [6.45, 7) is 14.3. The summed E-state index contributed by atoms with van der Waals surface area (Å²) >= 11 is 0. The topological polar surface area (TPSA) is 237 Å². The first-order valence-electron chi connectivity index (χ1n) is 43.3. The van der Waals surface area contributed by atoms with E-state index in [2.05, 4.69) is 55.4 Å². The molecule has 0 aromatic heterocycles. The molecule has 0 aliphatic heterocycles. The fraction of sp³-hybridized carbons (Fsp3) is 0.952. The third-order valence-electron chi connectivity index (χ3n) is 20.7. The van der Waals surface area contributed by atoms with Gasteiger partial charge < -0.3 is 33.8 Å². The number of carbonyl (C=O) groups is 4. The molecule has 0 aromatic carbocycles. The molecular weight excluding hydrogens is 1340 g/mol. The Bertz CT molecular complexity index is 2010. The smallest absolute Gasteiger partial charge is 0.462 e. The van der Waals surface area contributed by atoms with Crippen LogP contribution in [0.1, 0.15) is 434 Å². The number of phosphoric acid groups is 2. The quantitative estimate of drug-likeness (QED) is 0.0222. The van der Waals surface area contributed by atoms with Crippen molar-refractivity contribution in [2.24, 2.45) is 23.7 Å². The standard InChI is InChI=1S/C84H164O17P2/c1-9-75(6)61-53-45-37-31-25-21-16-14-12-13-15-17-22-26-33-39-48-56-64-81(86)94-70-79(100-83(88)66-58-50-40-34-27-23-19-18-20-24-30-36-44-52-60-74(4)5)72-98-102(90,91)96-68-78(85)69-97-103(92,93)99-73-80(71-95-82(87)65-57-49-43-42-47-55-63-77(8)11-3)101-84(89)67-59-51-41-35-29-28-32-38-46-54-62-76(7)10-2/h74-80,85H,9-73H2,1-8H3,(H,90,91)(H,92,93)/t75?,76?,77?,78-,79-,80-/m1/s1. The molecule has 0 heterocycles. The Morgan fingerprint density at radius 1 is 0.272 bits per heavy atom. The highest BCUT2D eigenvalue weighted by atomic mass is 31.2. The lowest BCUT2D eigenvalue weighted by molar-refractivity contribution is -0.161. The Hall–Kier alpha value is -1.94. The number of carbonyl (C=O) groups excluding carboxylic acids is 4. The summed E-state index contributed by atoms with van der Waals surface area (Å²) in [6, 6.07) is 0. The molecule has 0 spiro atoms. The molecule has 3 N–H and O–H groups in total. The second kappa shape index (κ2) is 72.9. The number of unbranched alkanes of at least 4 members (excludes halogenated alkanes) is 44. The monoisotopic (exact) mass is 1510 g/mol. The molecular formula is C84H164O17P2. The first-order chi connectivity index (χ1) is 49.7. The maximum absolute atomic E-state index is 13.1. The van der Waals surface area contributed by atoms with E-state index >= 15 is 0 Å². The van der Waals surface area contributed by atoms with Crippen LogP contribution < -0.4 is 0 Å². The first-order valence-corrected chi connectivity index (χ1v) is 46.3. The number of hydrogen-bond donors (Lipinski definition) is 3. The molecule has 8 atom stereocenters. The van der Waals surface area contributed by atoms with Gasteiger partial charge >= 0.3 is 39.5 Å². The van der Waals surface area contributed by atoms with Crippen LogP contribution in [0.15, 0.2) is 0 Å². The van der Waals surface area contributed by atoms with E-state index in [0.29, 0.717) is 25.7 Å². The Morgan fingerprint density at radius 3 is 0.689 bits per heavy atom. The molecule has 0 aromatic rings. The van der Waals surface area contributed by atoms with Gasteiger partial charge in [-0.3, -0.25) is 37.3 Å². The molecule has 612 valence electrons. The van der Waals surface area contributed by atoms with Gasteiger partial charge in [-0.2, -0.15) is 0 Å². The van der Waals surface area contributed by atoms with E-state index in [4.69, 9.17) is 37.0 Å². The van der Waals surface area contributed by atoms with E-state index in [1.165, 1.54) is 231 Å². The Balaban J connectivity index is 5.22. The van der Waals surface area contributed by atoms with Crippen LogP contribution in [0.2, 0.25) is 0 Å². The first kappa shape index (κ1) is 101. The van der Waals surface area contributed by atoms with E-state index in [0.717, 1.165) is 120 Å². The van der Waals surface area contributed by atoms with Crippen LogP contribution in [-0.4, -0.2) is 96.7 Å². The zero-order valence-electron chi connectivity index (χ0n) is 68.0. The van der Waals surface area contributed by atoms with Gasteiger partial charge in [0.15, 0.2) is 12.2 Å². The maximum Gasteiger partial charge on any atom is 0.472 e. The van der Waals surface area contributed by atoms with Crippen molar-refractivity contribution in [3.05, 3.63) is 0 Å². The van der Waals surface area contributed by atoms with Gasteiger partial charge in [0.05, 0.1) is 26.4 Å². The predicted molar refractivity (Wildman–Crippen MR) is 423 cm³/mol. The summed E-state index contributed by atoms with van der Waals surface area (Å²) in [5.74, 6) is 1.09. The van der Waals surface area contributed by atoms with Gasteiger partial charge in [-0.1, -0.05) is 383 Å². The lowest BCUT2D eigenvalue weighted by Crippen LogP contribution is -2.30. The zero-order valence-corrected chi connectivity index (χ0v) is 69.7. The fourth-order valence-corrected chi connectivity index (χ4v) is 14.4. The minimum absolute atomic E-state index is 0.105. The van der Waals surface area contributed by atoms with Crippen LogP contribution in [0.5, 0.6) is 0 Å². The lowest BCUT2D eigenvalue weighted by Gasteiger charge is -2.21. The van der Waals surface area contributed by atoms with Gasteiger partial charge in [-0.25, -0.2) is 9.13 Å². The number of ether oxygens (including phenoxy) is 4. The molecule has 0 radical (unpaired) electrons. The van der Waals surface area contributed by atoms with Gasteiger partial charge in [0, 0.05) is 25.7 Å². The fourth-order valence-electron chi connectivity index (χ4n) is 12.9. The Labute approximate surface area is 632 Å². The van der Waals surface area contributed by atoms with Crippen LogP contribution in [-0.2, 0) is 65.4 Å². The van der Waals surface area contributed by atoms with Gasteiger partial charge in [0.1, 0.15) is 19.3 Å². The number of esters is 4. The van der Waals surface area contributed by atoms with Crippen LogP contribution in [0.4, 0.5) is 0 Å². The minimum Gasteiger partial charge on any atom is -0.462 e. The molecule has 0 bridgehead atoms. The van der Waals surface area contributed by atoms with Crippen LogP contribution in [0.3, 0.4) is 0 Å². The average Bonchev–Trinajstić information content (AvgIpc) is 0.906. The molecule has 0 fully saturated rings. The number of rotatable bonds is 81. The second-order valence-corrected chi connectivity index (χ2v) is 34.3. The van der Waals surface area contributed by atoms with Gasteiger partial charge in [0.25, 0.3) is 0 Å². The number of aliphatic hydroxyl groups excluding tert-OH is 1. The molecule has 0 rings (SSSR count). The molecule has 0 saturated heterocycles. The van der Waals surface area contributed by atoms with E-state index in [-0.39, 0.29) is 25.7 Å². The molecule has 19 heteroatoms. The van der Waals surface area contributed by atoms with Crippen molar-refractivity contribution in [2.75, 3.05) is 39.6 Å². The molecule has 0 aliphatic carbocycles. The normalized spacial score (nSPS) is 14.8. The molecule has 0 saturated carbocycles. The number of phosphoric ester groups is 2. The van der Waals surface area contributed by atoms with Gasteiger partial charge in [0.2, 0.25) is 0 Å². The summed E-state index contributed by atoms with van der Waals surface area (Å²) in [5.41, 5.74) is 0. The SMILES string of the molecule is CCC(C)CCCCCCCCCCCCCCCCCCCCC(=O)OC[C@H](COP(=O)(O)OC[C@@H](O)COP(=O)(O)OC[C@@H](COC(=O)CCCCCCCCC(C)CC)OC(=O)CCCCCCCCCCCCC(C)CC)OC(=O)CCCCCCCCCCCCCCCCC(C)C. The summed E-state index contributed by atoms with van der Waals surface area (Å²) in [6.07, 6.45) is 61.0. The van der Waals surface area contributed by atoms with Crippen molar-refractivity contribution in [3.63, 3.8) is 0 Å². The third kappa shape index (κ3) is 74.0. The Kier molecular flexibility index (Phi) is 71.5. The minimum atomic E-state index is -4.97. The highest BCUT2D eigenvalue weighted by Gasteiger charge is 2.30. The van der Waals surface area contributed by atoms with Crippen LogP contribution >= 0.6 is 15.6 Å². The van der Waals surface area contributed by atoms with Crippen molar-refractivity contribution in [3.8, 4) is 0 Å². The highest BCUT2D eigenvalue weighted by molar-refractivity contribution is 7.47. The third-order valence-corrected chi connectivity index (χ3v) is 22.6. The van der Waals surface area contributed by atoms with Crippen molar-refractivity contribution in [1.29, 1.82) is 0 Å². The van der Waals surface area contributed by atoms with Crippen molar-refractivity contribution in [1.82, 2.24) is 0 Å². The van der Waals surface area contributed by atoms with Gasteiger partial charge in [-0.05, 0) is 49.4 Å². The summed E-state index contributed by atoms with van der Waals surface area (Å²) in [5, 5.41) is 10.7. The largest absolute Gasteiger partial charge is 0.472 e. The average molecular weight is 1510 g/mol. The van der Waals surface area contributed by atoms with E-state index in [9.17, 15) is 43.2 Å². The highest BCUT2D eigenvalue weighted by Crippen LogP contribution is 2.45. The summed E-state index contributed by atoms with van der Waals surface area (Å²) in [7, 11) is -9.93. The van der Waals surface area contributed by atoms with E-state index in [1.807, 2.05) is 0 Å². The Morgan fingerprint density at radius 2 is 0.466 bits per heavy atom. The zero-order chi connectivity index (χ0) is 76.0. The maximum atomic E-state index is 13.1. The van der Waals surface area contributed by atoms with Crippen LogP contribution in [0.25, 0.3) is 0 Å². The molecule has 103 heavy (non-hydrogen) atoms. The van der Waals surface area contributed by atoms with Crippen molar-refractivity contribution >= 4 is 39.5 Å². The summed E-state index contributed by atoms with van der Waals surface area (Å²) < 4.78 is 68.8. The molecule has 17 nitrogen and oxygen atoms in total. The second-order valence-electron chi connectivity index (χ2n) is 31.4. The molecule has 5 unspecified atom stereocenters. The lowest BCUT2D eigenvalue weighted by atomic mass is 9.99. The van der Waals surface area contributed by atoms with Crippen molar-refractivity contribution in [2.45, 2.75) is 453 Å². The number of aliphatic hydroxyl groups is 1. The predicted octanol–water partition coefficient (Wildman–Crippen LogP) is 25.2. The van der Waals surface area contributed by atoms with E-state index in [1.54, 1.807) is 0 Å². The number of hydrogen-bond acceptors (Lipinski definition) is 15. The molecule has 0 aliphatic rings. The van der Waals surface area contributed by atoms with Gasteiger partial charge in [-0.15, -0.1) is 0 Å².